The summed E-state index contributed by atoms with van der Waals surface area (Å²) in [5.74, 6) is -0.197. The number of nitrogens with one attached hydrogen (secondary N) is 2. The monoisotopic (exact) mass is 696 g/mol. The van der Waals surface area contributed by atoms with Gasteiger partial charge in [0, 0.05) is 18.2 Å². The van der Waals surface area contributed by atoms with Crippen molar-refractivity contribution in [3.63, 3.8) is 0 Å². The number of amides is 3. The molecule has 0 saturated heterocycles. The van der Waals surface area contributed by atoms with Crippen LogP contribution in [0.3, 0.4) is 0 Å². The van der Waals surface area contributed by atoms with Crippen LogP contribution in [-0.4, -0.2) is 50.4 Å². The van der Waals surface area contributed by atoms with E-state index in [1.54, 1.807) is 11.0 Å². The molecule has 0 saturated carbocycles. The van der Waals surface area contributed by atoms with E-state index in [1.807, 2.05) is 54.2 Å². The summed E-state index contributed by atoms with van der Waals surface area (Å²) in [7, 11) is 0. The molecule has 9 nitrogen and oxygen atoms in total. The minimum Gasteiger partial charge on any atom is -1.00 e. The SMILES string of the molecule is CCCCCCCCCCC(C)NC(=O)OCCNC(=O)OCCN(C(=O)c1cc(Br)c[n+](CCC)c1)c1ccccc1.[Cl-]. The van der Waals surface area contributed by atoms with E-state index in [-0.39, 0.29) is 50.7 Å². The molecule has 0 aliphatic rings. The standard InChI is InChI=1S/C33H49BrN4O5.ClH/c1-4-6-7-8-9-10-11-13-16-27(3)36-33(41)42-22-19-35-32(40)43-23-21-38(30-17-14-12-15-18-30)31(39)28-24-29(34)26-37(25-28)20-5-2;/h12,14-15,17-18,24-27H,4-11,13,16,19-23H2,1-3H3,(H-,35,36,40,41);1H. The van der Waals surface area contributed by atoms with Crippen LogP contribution in [0.4, 0.5) is 15.3 Å². The second-order valence-corrected chi connectivity index (χ2v) is 11.7. The Hall–Kier alpha value is -2.85. The van der Waals surface area contributed by atoms with E-state index in [2.05, 4.69) is 40.4 Å². The molecule has 11 heteroatoms. The first-order chi connectivity index (χ1) is 20.8. The number of halogens is 2. The fraction of sp³-hybridized carbons (Fsp3) is 0.576. The molecule has 0 fully saturated rings. The lowest BCUT2D eigenvalue weighted by atomic mass is 10.1. The molecular formula is C33H50BrClN4O5. The first kappa shape index (κ1) is 39.2. The molecule has 1 heterocycles. The number of hydrogen-bond acceptors (Lipinski definition) is 5. The summed E-state index contributed by atoms with van der Waals surface area (Å²) in [5, 5.41) is 5.42. The highest BCUT2D eigenvalue weighted by Crippen LogP contribution is 2.18. The maximum Gasteiger partial charge on any atom is 0.407 e. The molecule has 3 amide bonds. The van der Waals surface area contributed by atoms with E-state index in [1.165, 1.54) is 44.9 Å². The maximum atomic E-state index is 13.5. The van der Waals surface area contributed by atoms with Crippen LogP contribution in [0, 0.1) is 0 Å². The number of unbranched alkanes of at least 4 members (excludes halogenated alkanes) is 7. The van der Waals surface area contributed by atoms with Gasteiger partial charge in [-0.15, -0.1) is 0 Å². The smallest absolute Gasteiger partial charge is 0.407 e. The van der Waals surface area contributed by atoms with E-state index in [4.69, 9.17) is 9.47 Å². The molecule has 2 rings (SSSR count). The third-order valence-corrected chi connectivity index (χ3v) is 7.37. The number of ether oxygens (including phenoxy) is 2. The van der Waals surface area contributed by atoms with Crippen LogP contribution in [-0.2, 0) is 16.0 Å². The number of alkyl carbamates (subject to hydrolysis) is 2. The summed E-state index contributed by atoms with van der Waals surface area (Å²) in [4.78, 5) is 39.4. The minimum absolute atomic E-state index is 0. The average molecular weight is 698 g/mol. The van der Waals surface area contributed by atoms with Gasteiger partial charge in [-0.05, 0) is 47.5 Å². The van der Waals surface area contributed by atoms with Gasteiger partial charge in [0.2, 0.25) is 0 Å². The molecule has 1 atom stereocenters. The zero-order valence-corrected chi connectivity index (χ0v) is 28.8. The van der Waals surface area contributed by atoms with Gasteiger partial charge in [-0.3, -0.25) is 4.79 Å². The highest BCUT2D eigenvalue weighted by Gasteiger charge is 2.22. The number of para-hydroxylation sites is 1. The molecule has 44 heavy (non-hydrogen) atoms. The Kier molecular flexibility index (Phi) is 20.9. The van der Waals surface area contributed by atoms with Gasteiger partial charge in [-0.2, -0.15) is 0 Å². The fourth-order valence-corrected chi connectivity index (χ4v) is 5.20. The summed E-state index contributed by atoms with van der Waals surface area (Å²) >= 11 is 3.50. The molecule has 1 unspecified atom stereocenters. The van der Waals surface area contributed by atoms with Gasteiger partial charge in [0.15, 0.2) is 12.4 Å². The van der Waals surface area contributed by atoms with Crippen molar-refractivity contribution in [3.8, 4) is 0 Å². The third kappa shape index (κ3) is 16.3. The number of nitrogens with zero attached hydrogens (tertiary/aromatic N) is 2. The van der Waals surface area contributed by atoms with Gasteiger partial charge in [0.1, 0.15) is 25.3 Å². The maximum absolute atomic E-state index is 13.5. The molecule has 246 valence electrons. The predicted octanol–water partition coefficient (Wildman–Crippen LogP) is 4.17. The van der Waals surface area contributed by atoms with Crippen molar-refractivity contribution in [1.82, 2.24) is 10.6 Å². The number of carbonyl (C=O) groups excluding carboxylic acids is 3. The zero-order chi connectivity index (χ0) is 31.3. The number of carbonyl (C=O) groups is 3. The Morgan fingerprint density at radius 1 is 0.886 bits per heavy atom. The van der Waals surface area contributed by atoms with Crippen molar-refractivity contribution in [1.29, 1.82) is 0 Å². The molecule has 2 N–H and O–H groups in total. The summed E-state index contributed by atoms with van der Waals surface area (Å²) in [5.41, 5.74) is 1.23. The van der Waals surface area contributed by atoms with E-state index >= 15 is 0 Å². The second kappa shape index (κ2) is 23.5. The van der Waals surface area contributed by atoms with Crippen molar-refractivity contribution in [2.24, 2.45) is 0 Å². The molecule has 1 aromatic heterocycles. The Bertz CT molecular complexity index is 1110. The lowest BCUT2D eigenvalue weighted by Crippen LogP contribution is -3.00. The minimum atomic E-state index is -0.643. The highest BCUT2D eigenvalue weighted by molar-refractivity contribution is 9.10. The molecule has 0 bridgehead atoms. The number of aryl methyl sites for hydroxylation is 1. The summed E-state index contributed by atoms with van der Waals surface area (Å²) in [6.07, 6.45) is 14.5. The normalized spacial score (nSPS) is 11.2. The second-order valence-electron chi connectivity index (χ2n) is 10.8. The first-order valence-electron chi connectivity index (χ1n) is 15.7. The molecule has 1 aromatic carbocycles. The molecule has 0 radical (unpaired) electrons. The van der Waals surface area contributed by atoms with Crippen LogP contribution in [0.25, 0.3) is 0 Å². The number of aromatic nitrogens is 1. The number of anilines is 1. The average Bonchev–Trinajstić information content (AvgIpc) is 2.99. The van der Waals surface area contributed by atoms with Gasteiger partial charge in [0.25, 0.3) is 5.91 Å². The van der Waals surface area contributed by atoms with E-state index < -0.39 is 12.2 Å². The molecule has 2 aromatic rings. The predicted molar refractivity (Wildman–Crippen MR) is 173 cm³/mol. The Labute approximate surface area is 278 Å². The van der Waals surface area contributed by atoms with Crippen LogP contribution in [0.5, 0.6) is 0 Å². The molecular weight excluding hydrogens is 648 g/mol. The van der Waals surface area contributed by atoms with Gasteiger partial charge in [-0.1, -0.05) is 83.4 Å². The van der Waals surface area contributed by atoms with Gasteiger partial charge in [0.05, 0.1) is 17.6 Å². The lowest BCUT2D eigenvalue weighted by molar-refractivity contribution is -0.697. The molecule has 0 aliphatic carbocycles. The van der Waals surface area contributed by atoms with Gasteiger partial charge < -0.3 is 37.4 Å². The largest absolute Gasteiger partial charge is 1.00 e. The summed E-state index contributed by atoms with van der Waals surface area (Å²) < 4.78 is 13.3. The fourth-order valence-electron chi connectivity index (χ4n) is 4.69. The third-order valence-electron chi connectivity index (χ3n) is 6.94. The number of pyridine rings is 1. The first-order valence-corrected chi connectivity index (χ1v) is 16.5. The lowest BCUT2D eigenvalue weighted by Gasteiger charge is -2.22. The van der Waals surface area contributed by atoms with Crippen LogP contribution < -0.4 is 32.5 Å². The summed E-state index contributed by atoms with van der Waals surface area (Å²) in [6, 6.07) is 11.1. The van der Waals surface area contributed by atoms with Crippen LogP contribution in [0.2, 0.25) is 0 Å². The number of hydrogen-bond donors (Lipinski definition) is 2. The van der Waals surface area contributed by atoms with Crippen molar-refractivity contribution in [2.75, 3.05) is 31.2 Å². The number of rotatable bonds is 20. The highest BCUT2D eigenvalue weighted by atomic mass is 79.9. The summed E-state index contributed by atoms with van der Waals surface area (Å²) in [6.45, 7) is 7.38. The topological polar surface area (TPSA) is 101 Å². The van der Waals surface area contributed by atoms with Gasteiger partial charge >= 0.3 is 12.2 Å². The van der Waals surface area contributed by atoms with Crippen molar-refractivity contribution in [2.45, 2.75) is 97.6 Å². The van der Waals surface area contributed by atoms with E-state index in [0.717, 1.165) is 30.3 Å². The van der Waals surface area contributed by atoms with Crippen LogP contribution >= 0.6 is 15.9 Å². The number of benzene rings is 1. The van der Waals surface area contributed by atoms with Crippen LogP contribution in [0.1, 0.15) is 95.3 Å². The van der Waals surface area contributed by atoms with E-state index in [9.17, 15) is 14.4 Å². The van der Waals surface area contributed by atoms with Gasteiger partial charge in [-0.25, -0.2) is 14.2 Å². The molecule has 0 spiro atoms. The van der Waals surface area contributed by atoms with Crippen molar-refractivity contribution in [3.05, 3.63) is 58.8 Å². The van der Waals surface area contributed by atoms with E-state index in [0.29, 0.717) is 11.3 Å². The van der Waals surface area contributed by atoms with Crippen molar-refractivity contribution >= 4 is 39.7 Å². The van der Waals surface area contributed by atoms with Crippen molar-refractivity contribution < 1.29 is 40.8 Å². The quantitative estimate of drug-likeness (QED) is 0.160. The Balaban J connectivity index is 0.00000968. The Morgan fingerprint density at radius 2 is 1.55 bits per heavy atom. The Morgan fingerprint density at radius 3 is 2.23 bits per heavy atom. The zero-order valence-electron chi connectivity index (χ0n) is 26.5. The van der Waals surface area contributed by atoms with Crippen LogP contribution in [0.15, 0.2) is 53.3 Å². The molecule has 0 aliphatic heterocycles.